The summed E-state index contributed by atoms with van der Waals surface area (Å²) in [6.07, 6.45) is 49.0. The van der Waals surface area contributed by atoms with Crippen LogP contribution in [0.3, 0.4) is 0 Å². The number of rotatable bonds is 41. The molecule has 0 aliphatic carbocycles. The number of phosphoric acid groups is 1. The quantitative estimate of drug-likeness (QED) is 0.0276. The molecular weight excluding hydrogens is 719 g/mol. The fourth-order valence-corrected chi connectivity index (χ4v) is 7.04. The molecule has 2 N–H and O–H groups in total. The molecule has 0 aliphatic heterocycles. The molecule has 0 spiro atoms. The van der Waals surface area contributed by atoms with Crippen LogP contribution in [0.5, 0.6) is 0 Å². The van der Waals surface area contributed by atoms with E-state index in [1.54, 1.807) is 6.08 Å². The van der Waals surface area contributed by atoms with Crippen LogP contribution in [0.2, 0.25) is 0 Å². The number of hydrogen-bond acceptors (Lipinski definition) is 6. The maximum absolute atomic E-state index is 12.8. The van der Waals surface area contributed by atoms with E-state index in [1.807, 2.05) is 27.2 Å². The number of aliphatic hydroxyl groups excluding tert-OH is 1. The number of likely N-dealkylation sites (N-methyl/N-ethyl adjacent to an activating group) is 1. The van der Waals surface area contributed by atoms with Gasteiger partial charge in [0.1, 0.15) is 13.2 Å². The van der Waals surface area contributed by atoms with E-state index in [2.05, 4.69) is 55.6 Å². The van der Waals surface area contributed by atoms with Gasteiger partial charge in [-0.05, 0) is 64.2 Å². The monoisotopic (exact) mass is 809 g/mol. The highest BCUT2D eigenvalue weighted by Gasteiger charge is 2.23. The third-order valence-corrected chi connectivity index (χ3v) is 11.0. The first-order chi connectivity index (χ1) is 27.0. The van der Waals surface area contributed by atoms with Gasteiger partial charge in [0, 0.05) is 6.42 Å². The Morgan fingerprint density at radius 3 is 1.59 bits per heavy atom. The van der Waals surface area contributed by atoms with Gasteiger partial charge >= 0.3 is 0 Å². The van der Waals surface area contributed by atoms with Crippen LogP contribution in [0.25, 0.3) is 0 Å². The third kappa shape index (κ3) is 40.6. The molecule has 8 nitrogen and oxygen atoms in total. The van der Waals surface area contributed by atoms with E-state index in [0.29, 0.717) is 17.4 Å². The zero-order valence-corrected chi connectivity index (χ0v) is 38.0. The molecule has 0 radical (unpaired) electrons. The molecule has 0 aromatic rings. The van der Waals surface area contributed by atoms with Gasteiger partial charge in [-0.3, -0.25) is 9.36 Å². The molecule has 1 amide bonds. The lowest BCUT2D eigenvalue weighted by Crippen LogP contribution is -2.45. The average molecular weight is 809 g/mol. The van der Waals surface area contributed by atoms with Crippen LogP contribution >= 0.6 is 7.82 Å². The molecule has 56 heavy (non-hydrogen) atoms. The zero-order chi connectivity index (χ0) is 41.4. The number of aliphatic hydroxyl groups is 1. The van der Waals surface area contributed by atoms with Gasteiger partial charge in [-0.1, -0.05) is 172 Å². The number of amides is 1. The maximum atomic E-state index is 12.8. The Kier molecular flexibility index (Phi) is 37.9. The largest absolute Gasteiger partial charge is 0.756 e. The summed E-state index contributed by atoms with van der Waals surface area (Å²) in [4.78, 5) is 25.2. The predicted octanol–water partition coefficient (Wildman–Crippen LogP) is 12.2. The van der Waals surface area contributed by atoms with Crippen molar-refractivity contribution in [3.63, 3.8) is 0 Å². The number of carbonyl (C=O) groups excluding carboxylic acids is 1. The second-order valence-electron chi connectivity index (χ2n) is 16.7. The molecule has 0 rings (SSSR count). The van der Waals surface area contributed by atoms with Crippen molar-refractivity contribution in [1.82, 2.24) is 5.32 Å². The van der Waals surface area contributed by atoms with Crippen LogP contribution in [0.4, 0.5) is 0 Å². The molecule has 0 aliphatic rings. The van der Waals surface area contributed by atoms with Crippen molar-refractivity contribution in [1.29, 1.82) is 0 Å². The Hall–Kier alpha value is -1.54. The van der Waals surface area contributed by atoms with Crippen LogP contribution < -0.4 is 10.2 Å². The predicted molar refractivity (Wildman–Crippen MR) is 238 cm³/mol. The number of unbranched alkanes of at least 4 members (excludes halogenated alkanes) is 22. The van der Waals surface area contributed by atoms with E-state index in [0.717, 1.165) is 44.9 Å². The summed E-state index contributed by atoms with van der Waals surface area (Å²) < 4.78 is 23.1. The van der Waals surface area contributed by atoms with E-state index in [9.17, 15) is 19.4 Å². The van der Waals surface area contributed by atoms with Crippen molar-refractivity contribution >= 4 is 13.7 Å². The highest BCUT2D eigenvalue weighted by molar-refractivity contribution is 7.45. The van der Waals surface area contributed by atoms with E-state index in [1.165, 1.54) is 128 Å². The third-order valence-electron chi connectivity index (χ3n) is 10.0. The number of carbonyl (C=O) groups is 1. The Labute approximate surface area is 346 Å². The number of phosphoric ester groups is 1. The standard InChI is InChI=1S/C47H89N2O6P/c1-6-8-10-12-14-16-17-18-19-20-21-22-23-24-25-26-27-28-29-30-31-33-35-37-39-41-47(51)48-45(44-55-56(52,53)54-43-42-49(3,4)5)46(50)40-38-36-34-32-15-13-11-9-7-2/h15,21-22,24-25,32,38,40,45-46,50H,6-14,16-20,23,26-31,33-37,39,41-44H2,1-5H3,(H-,48,51,52,53)/b22-21-,25-24-,32-15+,40-38+. The van der Waals surface area contributed by atoms with Gasteiger partial charge < -0.3 is 28.8 Å². The van der Waals surface area contributed by atoms with Gasteiger partial charge in [0.05, 0.1) is 39.9 Å². The first kappa shape index (κ1) is 54.5. The fourth-order valence-electron chi connectivity index (χ4n) is 6.31. The topological polar surface area (TPSA) is 108 Å². The summed E-state index contributed by atoms with van der Waals surface area (Å²) in [5, 5.41) is 13.7. The first-order valence-corrected chi connectivity index (χ1v) is 24.5. The molecule has 0 aromatic heterocycles. The fraction of sp³-hybridized carbons (Fsp3) is 0.809. The first-order valence-electron chi connectivity index (χ1n) is 23.0. The van der Waals surface area contributed by atoms with Crippen molar-refractivity contribution in [3.8, 4) is 0 Å². The van der Waals surface area contributed by atoms with Crippen molar-refractivity contribution in [2.45, 2.75) is 206 Å². The number of allylic oxidation sites excluding steroid dienone is 7. The summed E-state index contributed by atoms with van der Waals surface area (Å²) in [6.45, 7) is 4.56. The summed E-state index contributed by atoms with van der Waals surface area (Å²) in [5.74, 6) is -0.216. The SMILES string of the molecule is CCCCC/C=C/CC/C=C/C(O)C(COP(=O)([O-])OCC[N+](C)(C)C)NC(=O)CCCCCCCCCCC/C=C\C/C=C\CCCCCCCCCCC. The van der Waals surface area contributed by atoms with Crippen LogP contribution in [-0.4, -0.2) is 68.5 Å². The van der Waals surface area contributed by atoms with Crippen LogP contribution in [0.15, 0.2) is 48.6 Å². The normalized spacial score (nSPS) is 14.8. The van der Waals surface area contributed by atoms with Crippen LogP contribution in [-0.2, 0) is 18.4 Å². The molecule has 0 bridgehead atoms. The molecule has 0 heterocycles. The van der Waals surface area contributed by atoms with Crippen molar-refractivity contribution < 1.29 is 32.9 Å². The van der Waals surface area contributed by atoms with Gasteiger partial charge in [0.2, 0.25) is 5.91 Å². The second kappa shape index (κ2) is 38.9. The molecule has 9 heteroatoms. The summed E-state index contributed by atoms with van der Waals surface area (Å²) >= 11 is 0. The molecule has 3 atom stereocenters. The minimum absolute atomic E-state index is 0.00885. The minimum Gasteiger partial charge on any atom is -0.756 e. The second-order valence-corrected chi connectivity index (χ2v) is 18.2. The molecule has 328 valence electrons. The Balaban J connectivity index is 4.20. The molecule has 0 fully saturated rings. The Morgan fingerprint density at radius 1 is 0.625 bits per heavy atom. The number of nitrogens with one attached hydrogen (secondary N) is 1. The Morgan fingerprint density at radius 2 is 1.05 bits per heavy atom. The van der Waals surface area contributed by atoms with E-state index >= 15 is 0 Å². The van der Waals surface area contributed by atoms with Crippen molar-refractivity contribution in [3.05, 3.63) is 48.6 Å². The molecule has 0 saturated heterocycles. The highest BCUT2D eigenvalue weighted by atomic mass is 31.2. The lowest BCUT2D eigenvalue weighted by atomic mass is 10.1. The summed E-state index contributed by atoms with van der Waals surface area (Å²) in [5.41, 5.74) is 0. The lowest BCUT2D eigenvalue weighted by molar-refractivity contribution is -0.870. The zero-order valence-electron chi connectivity index (χ0n) is 37.1. The van der Waals surface area contributed by atoms with Crippen LogP contribution in [0.1, 0.15) is 194 Å². The smallest absolute Gasteiger partial charge is 0.268 e. The summed E-state index contributed by atoms with van der Waals surface area (Å²) in [6, 6.07) is -0.904. The molecule has 0 aromatic carbocycles. The van der Waals surface area contributed by atoms with E-state index < -0.39 is 26.6 Å². The Bertz CT molecular complexity index is 1050. The minimum atomic E-state index is -4.59. The van der Waals surface area contributed by atoms with Gasteiger partial charge in [-0.25, -0.2) is 0 Å². The number of hydrogen-bond donors (Lipinski definition) is 2. The molecule has 0 saturated carbocycles. The number of quaternary nitrogens is 1. The number of nitrogens with zero attached hydrogens (tertiary/aromatic N) is 1. The van der Waals surface area contributed by atoms with Gasteiger partial charge in [0.15, 0.2) is 0 Å². The summed E-state index contributed by atoms with van der Waals surface area (Å²) in [7, 11) is 1.23. The van der Waals surface area contributed by atoms with Crippen molar-refractivity contribution in [2.75, 3.05) is 40.9 Å². The van der Waals surface area contributed by atoms with Gasteiger partial charge in [0.25, 0.3) is 7.82 Å². The van der Waals surface area contributed by atoms with Gasteiger partial charge in [-0.15, -0.1) is 0 Å². The van der Waals surface area contributed by atoms with E-state index in [4.69, 9.17) is 9.05 Å². The maximum Gasteiger partial charge on any atom is 0.268 e. The molecule has 3 unspecified atom stereocenters. The van der Waals surface area contributed by atoms with Crippen molar-refractivity contribution in [2.24, 2.45) is 0 Å². The average Bonchev–Trinajstić information content (AvgIpc) is 3.15. The molecular formula is C47H89N2O6P. The van der Waals surface area contributed by atoms with Gasteiger partial charge in [-0.2, -0.15) is 0 Å². The van der Waals surface area contributed by atoms with Crippen LogP contribution in [0, 0.1) is 0 Å². The lowest BCUT2D eigenvalue weighted by Gasteiger charge is -2.29. The highest BCUT2D eigenvalue weighted by Crippen LogP contribution is 2.38. The van der Waals surface area contributed by atoms with E-state index in [-0.39, 0.29) is 12.5 Å².